The summed E-state index contributed by atoms with van der Waals surface area (Å²) in [6, 6.07) is -1.02. The molecule has 1 rings (SSSR count). The Bertz CT molecular complexity index is 1400. The minimum absolute atomic E-state index is 0.116. The number of carbonyl (C=O) groups excluding carboxylic acids is 2. The van der Waals surface area contributed by atoms with E-state index in [0.29, 0.717) is 19.3 Å². The molecule has 0 bridgehead atoms. The minimum atomic E-state index is -1.62. The third-order valence-corrected chi connectivity index (χ3v) is 14.7. The summed E-state index contributed by atoms with van der Waals surface area (Å²) in [5, 5.41) is 56.9. The van der Waals surface area contributed by atoms with Crippen LogP contribution in [0.3, 0.4) is 0 Å². The van der Waals surface area contributed by atoms with Gasteiger partial charge in [0, 0.05) is 6.42 Å². The van der Waals surface area contributed by atoms with Crippen LogP contribution < -0.4 is 5.32 Å². The summed E-state index contributed by atoms with van der Waals surface area (Å²) in [6.07, 6.45) is 52.9. The van der Waals surface area contributed by atoms with Gasteiger partial charge in [0.15, 0.2) is 12.4 Å². The predicted octanol–water partition coefficient (Wildman–Crippen LogP) is 14.8. The van der Waals surface area contributed by atoms with Crippen molar-refractivity contribution in [2.24, 2.45) is 0 Å². The number of carbonyl (C=O) groups is 2. The molecule has 1 saturated heterocycles. The first-order chi connectivity index (χ1) is 36.7. The fourth-order valence-corrected chi connectivity index (χ4v) is 9.72. The molecule has 75 heavy (non-hydrogen) atoms. The Hall–Kier alpha value is -2.38. The molecule has 1 heterocycles. The van der Waals surface area contributed by atoms with Crippen LogP contribution >= 0.6 is 0 Å². The molecular formula is C64H117NO10. The summed E-state index contributed by atoms with van der Waals surface area (Å²) in [5.74, 6) is -1.19. The van der Waals surface area contributed by atoms with Crippen LogP contribution in [0.25, 0.3) is 0 Å². The van der Waals surface area contributed by atoms with E-state index in [-0.39, 0.29) is 13.0 Å². The van der Waals surface area contributed by atoms with Gasteiger partial charge < -0.3 is 45.1 Å². The summed E-state index contributed by atoms with van der Waals surface area (Å²) in [4.78, 5) is 26.5. The molecule has 0 spiro atoms. The first kappa shape index (κ1) is 70.6. The van der Waals surface area contributed by atoms with E-state index >= 15 is 0 Å². The van der Waals surface area contributed by atoms with Crippen molar-refractivity contribution in [3.8, 4) is 0 Å². The quantitative estimate of drug-likeness (QED) is 0.0195. The Kier molecular flexibility index (Phi) is 49.3. The van der Waals surface area contributed by atoms with E-state index in [1.54, 1.807) is 6.08 Å². The summed E-state index contributed by atoms with van der Waals surface area (Å²) < 4.78 is 17.6. The molecule has 8 atom stereocenters. The highest BCUT2D eigenvalue weighted by Gasteiger charge is 2.47. The number of allylic oxidation sites excluding steroid dienone is 7. The molecule has 0 aromatic rings. The van der Waals surface area contributed by atoms with Gasteiger partial charge in [0.1, 0.15) is 24.4 Å². The van der Waals surface area contributed by atoms with Crippen LogP contribution in [0.15, 0.2) is 48.6 Å². The van der Waals surface area contributed by atoms with Gasteiger partial charge in [-0.3, -0.25) is 9.59 Å². The first-order valence-corrected chi connectivity index (χ1v) is 31.4. The van der Waals surface area contributed by atoms with Gasteiger partial charge >= 0.3 is 5.97 Å². The Morgan fingerprint density at radius 1 is 0.520 bits per heavy atom. The Balaban J connectivity index is 2.66. The van der Waals surface area contributed by atoms with Crippen molar-refractivity contribution in [3.63, 3.8) is 0 Å². The smallest absolute Gasteiger partial charge is 0.306 e. The highest BCUT2D eigenvalue weighted by Crippen LogP contribution is 2.26. The van der Waals surface area contributed by atoms with E-state index in [9.17, 15) is 35.1 Å². The van der Waals surface area contributed by atoms with Crippen molar-refractivity contribution in [3.05, 3.63) is 48.6 Å². The molecule has 0 aromatic heterocycles. The molecule has 1 amide bonds. The molecule has 11 heteroatoms. The third-order valence-electron chi connectivity index (χ3n) is 14.7. The average molecular weight is 1060 g/mol. The summed E-state index contributed by atoms with van der Waals surface area (Å²) in [6.45, 7) is 5.77. The van der Waals surface area contributed by atoms with E-state index < -0.39 is 67.4 Å². The maximum absolute atomic E-state index is 13.4. The lowest BCUT2D eigenvalue weighted by atomic mass is 9.99. The zero-order chi connectivity index (χ0) is 54.7. The Morgan fingerprint density at radius 3 is 1.40 bits per heavy atom. The average Bonchev–Trinajstić information content (AvgIpc) is 3.41. The standard InChI is InChI=1S/C64H117NO10/c1-4-7-10-13-16-19-22-25-26-27-28-29-30-31-32-34-37-40-43-46-49-52-59(69)75-62-61(71)60(70)58(53-66)74-64(62)73-54-55(56(67)50-47-44-41-38-36-33-23-20-17-14-11-8-5-2)65-63(72)57(68)51-48-45-42-39-35-24-21-18-15-12-9-6-3/h16,19,25-26,28-29,47,50,55-58,60-62,64,66-68,70-71H,4-15,17-18,20-24,27,30-46,48-49,51-54H2,1-3H3,(H,65,72)/b19-16-,26-25-,29-28-,50-47+. The minimum Gasteiger partial charge on any atom is -0.454 e. The molecule has 438 valence electrons. The Morgan fingerprint density at radius 2 is 0.920 bits per heavy atom. The zero-order valence-corrected chi connectivity index (χ0v) is 48.4. The number of rotatable bonds is 53. The SMILES string of the molecule is CCCCC/C=C\C/C=C\C/C=C\CCCCCCCCCCC(=O)OC1C(OCC(NC(=O)C(O)CCCCCCCCCCCCCC)C(O)/C=C/CCCCCCCCCCCCC)OC(CO)C(O)C1O. The number of amides is 1. The van der Waals surface area contributed by atoms with Crippen molar-refractivity contribution in [1.82, 2.24) is 5.32 Å². The van der Waals surface area contributed by atoms with Crippen LogP contribution in [0.4, 0.5) is 0 Å². The zero-order valence-electron chi connectivity index (χ0n) is 48.4. The van der Waals surface area contributed by atoms with Gasteiger partial charge in [-0.15, -0.1) is 0 Å². The van der Waals surface area contributed by atoms with Gasteiger partial charge in [-0.25, -0.2) is 0 Å². The maximum Gasteiger partial charge on any atom is 0.306 e. The lowest BCUT2D eigenvalue weighted by Gasteiger charge is -2.41. The van der Waals surface area contributed by atoms with Crippen LogP contribution in [-0.4, -0.2) is 99.6 Å². The lowest BCUT2D eigenvalue weighted by molar-refractivity contribution is -0.305. The molecule has 0 radical (unpaired) electrons. The summed E-state index contributed by atoms with van der Waals surface area (Å²) >= 11 is 0. The third kappa shape index (κ3) is 40.5. The monoisotopic (exact) mass is 1060 g/mol. The second-order valence-electron chi connectivity index (χ2n) is 21.8. The fourth-order valence-electron chi connectivity index (χ4n) is 9.72. The number of unbranched alkanes of at least 4 members (excludes halogenated alkanes) is 33. The van der Waals surface area contributed by atoms with Crippen molar-refractivity contribution < 1.29 is 49.3 Å². The maximum atomic E-state index is 13.4. The number of hydrogen-bond acceptors (Lipinski definition) is 10. The molecule has 0 aromatic carbocycles. The summed E-state index contributed by atoms with van der Waals surface area (Å²) in [5.41, 5.74) is 0. The van der Waals surface area contributed by atoms with Crippen molar-refractivity contribution >= 4 is 11.9 Å². The van der Waals surface area contributed by atoms with E-state index in [2.05, 4.69) is 62.5 Å². The van der Waals surface area contributed by atoms with Crippen LogP contribution in [0.1, 0.15) is 284 Å². The van der Waals surface area contributed by atoms with Gasteiger partial charge in [-0.2, -0.15) is 0 Å². The fraction of sp³-hybridized carbons (Fsp3) is 0.844. The van der Waals surface area contributed by atoms with Crippen molar-refractivity contribution in [1.29, 1.82) is 0 Å². The largest absolute Gasteiger partial charge is 0.454 e. The summed E-state index contributed by atoms with van der Waals surface area (Å²) in [7, 11) is 0. The molecule has 11 nitrogen and oxygen atoms in total. The molecule has 8 unspecified atom stereocenters. The number of hydrogen-bond donors (Lipinski definition) is 6. The number of ether oxygens (including phenoxy) is 3. The number of esters is 1. The van der Waals surface area contributed by atoms with Gasteiger partial charge in [-0.1, -0.05) is 262 Å². The van der Waals surface area contributed by atoms with Gasteiger partial charge in [0.2, 0.25) is 5.91 Å². The van der Waals surface area contributed by atoms with Gasteiger partial charge in [0.05, 0.1) is 25.4 Å². The topological polar surface area (TPSA) is 175 Å². The number of aliphatic hydroxyl groups excluding tert-OH is 5. The highest BCUT2D eigenvalue weighted by molar-refractivity contribution is 5.80. The first-order valence-electron chi connectivity index (χ1n) is 31.4. The second kappa shape index (κ2) is 52.3. The second-order valence-corrected chi connectivity index (χ2v) is 21.8. The van der Waals surface area contributed by atoms with Crippen molar-refractivity contribution in [2.75, 3.05) is 13.2 Å². The van der Waals surface area contributed by atoms with Gasteiger partial charge in [0.25, 0.3) is 0 Å². The van der Waals surface area contributed by atoms with Crippen LogP contribution in [0, 0.1) is 0 Å². The van der Waals surface area contributed by atoms with E-state index in [1.807, 2.05) is 6.08 Å². The molecular weight excluding hydrogens is 943 g/mol. The van der Waals surface area contributed by atoms with Crippen LogP contribution in [-0.2, 0) is 23.8 Å². The lowest BCUT2D eigenvalue weighted by Crippen LogP contribution is -2.61. The van der Waals surface area contributed by atoms with E-state index in [1.165, 1.54) is 154 Å². The van der Waals surface area contributed by atoms with Gasteiger partial charge in [-0.05, 0) is 64.2 Å². The number of aliphatic hydroxyl groups is 5. The molecule has 0 aliphatic carbocycles. The molecule has 0 saturated carbocycles. The predicted molar refractivity (Wildman–Crippen MR) is 310 cm³/mol. The van der Waals surface area contributed by atoms with Crippen molar-refractivity contribution in [2.45, 2.75) is 333 Å². The molecule has 1 aliphatic heterocycles. The van der Waals surface area contributed by atoms with E-state index in [0.717, 1.165) is 83.5 Å². The number of nitrogens with one attached hydrogen (secondary N) is 1. The normalized spacial score (nSPS) is 19.5. The van der Waals surface area contributed by atoms with E-state index in [4.69, 9.17) is 14.2 Å². The molecule has 1 aliphatic rings. The van der Waals surface area contributed by atoms with Crippen LogP contribution in [0.5, 0.6) is 0 Å². The highest BCUT2D eigenvalue weighted by atomic mass is 16.7. The van der Waals surface area contributed by atoms with Crippen LogP contribution in [0.2, 0.25) is 0 Å². The molecule has 6 N–H and O–H groups in total. The molecule has 1 fully saturated rings. The Labute approximate surface area is 459 Å².